The first-order chi connectivity index (χ1) is 8.58. The van der Waals surface area contributed by atoms with Gasteiger partial charge < -0.3 is 21.7 Å². The van der Waals surface area contributed by atoms with Gasteiger partial charge >= 0.3 is 6.03 Å². The van der Waals surface area contributed by atoms with E-state index in [0.29, 0.717) is 5.69 Å². The van der Waals surface area contributed by atoms with Crippen molar-refractivity contribution in [2.45, 2.75) is 0 Å². The Balaban J connectivity index is 2.25. The van der Waals surface area contributed by atoms with Crippen molar-refractivity contribution >= 4 is 23.5 Å². The molecule has 1 aromatic carbocycles. The van der Waals surface area contributed by atoms with Crippen LogP contribution in [0.4, 0.5) is 10.5 Å². The highest BCUT2D eigenvalue weighted by Crippen LogP contribution is 2.03. The maximum Gasteiger partial charge on any atom is 0.319 e. The lowest BCUT2D eigenvalue weighted by Crippen LogP contribution is -2.41. The summed E-state index contributed by atoms with van der Waals surface area (Å²) in [5.74, 6) is -1.13. The Labute approximate surface area is 104 Å². The van der Waals surface area contributed by atoms with Crippen molar-refractivity contribution in [3.8, 4) is 0 Å². The quantitative estimate of drug-likeness (QED) is 0.560. The molecule has 0 saturated heterocycles. The molecule has 7 heteroatoms. The lowest BCUT2D eigenvalue weighted by Gasteiger charge is -2.07. The summed E-state index contributed by atoms with van der Waals surface area (Å²) in [6, 6.07) is 8.29. The van der Waals surface area contributed by atoms with E-state index in [1.807, 2.05) is 6.07 Å². The van der Waals surface area contributed by atoms with Crippen LogP contribution in [-0.2, 0) is 9.59 Å². The minimum atomic E-state index is -0.642. The molecule has 0 radical (unpaired) electrons. The topological polar surface area (TPSA) is 113 Å². The van der Waals surface area contributed by atoms with Crippen molar-refractivity contribution < 1.29 is 14.4 Å². The van der Waals surface area contributed by atoms with E-state index in [1.165, 1.54) is 0 Å². The molecule has 0 heterocycles. The average molecular weight is 250 g/mol. The number of benzene rings is 1. The Morgan fingerprint density at radius 1 is 1.00 bits per heavy atom. The SMILES string of the molecule is NC(=O)CNC(=O)CNC(=O)Nc1ccccc1. The van der Waals surface area contributed by atoms with E-state index in [-0.39, 0.29) is 13.1 Å². The minimum Gasteiger partial charge on any atom is -0.368 e. The number of hydrogen-bond acceptors (Lipinski definition) is 3. The highest BCUT2D eigenvalue weighted by atomic mass is 16.2. The second-order valence-electron chi connectivity index (χ2n) is 3.42. The van der Waals surface area contributed by atoms with Gasteiger partial charge in [-0.2, -0.15) is 0 Å². The zero-order chi connectivity index (χ0) is 13.4. The second-order valence-corrected chi connectivity index (χ2v) is 3.42. The average Bonchev–Trinajstić information content (AvgIpc) is 2.35. The number of primary amides is 1. The molecular weight excluding hydrogens is 236 g/mol. The number of nitrogens with two attached hydrogens (primary N) is 1. The van der Waals surface area contributed by atoms with Crippen molar-refractivity contribution in [2.24, 2.45) is 5.73 Å². The van der Waals surface area contributed by atoms with Gasteiger partial charge in [-0.3, -0.25) is 9.59 Å². The summed E-state index contributed by atoms with van der Waals surface area (Å²) in [7, 11) is 0. The number of urea groups is 1. The molecule has 18 heavy (non-hydrogen) atoms. The van der Waals surface area contributed by atoms with Gasteiger partial charge in [0.1, 0.15) is 0 Å². The van der Waals surface area contributed by atoms with Gasteiger partial charge in [-0.1, -0.05) is 18.2 Å². The van der Waals surface area contributed by atoms with Gasteiger partial charge in [-0.25, -0.2) is 4.79 Å². The van der Waals surface area contributed by atoms with Crippen LogP contribution in [0.15, 0.2) is 30.3 Å². The highest BCUT2D eigenvalue weighted by Gasteiger charge is 2.05. The molecule has 0 spiro atoms. The van der Waals surface area contributed by atoms with Gasteiger partial charge in [-0.15, -0.1) is 0 Å². The van der Waals surface area contributed by atoms with E-state index in [9.17, 15) is 14.4 Å². The lowest BCUT2D eigenvalue weighted by molar-refractivity contribution is -0.124. The predicted molar refractivity (Wildman–Crippen MR) is 65.7 cm³/mol. The summed E-state index contributed by atoms with van der Waals surface area (Å²) in [6.45, 7) is -0.479. The molecule has 0 aromatic heterocycles. The maximum atomic E-state index is 11.4. The Morgan fingerprint density at radius 2 is 1.67 bits per heavy atom. The molecule has 0 unspecified atom stereocenters. The largest absolute Gasteiger partial charge is 0.368 e. The lowest BCUT2D eigenvalue weighted by atomic mass is 10.3. The molecule has 0 aliphatic rings. The molecule has 0 fully saturated rings. The van der Waals surface area contributed by atoms with E-state index in [2.05, 4.69) is 16.0 Å². The Hall–Kier alpha value is -2.57. The zero-order valence-corrected chi connectivity index (χ0v) is 9.60. The molecule has 0 saturated carbocycles. The first kappa shape index (κ1) is 13.5. The fourth-order valence-corrected chi connectivity index (χ4v) is 1.11. The van der Waals surface area contributed by atoms with Crippen molar-refractivity contribution in [2.75, 3.05) is 18.4 Å². The van der Waals surface area contributed by atoms with Gasteiger partial charge in [0, 0.05) is 5.69 Å². The van der Waals surface area contributed by atoms with Crippen molar-refractivity contribution in [1.29, 1.82) is 0 Å². The van der Waals surface area contributed by atoms with Crippen LogP contribution in [-0.4, -0.2) is 30.9 Å². The first-order valence-electron chi connectivity index (χ1n) is 5.23. The number of para-hydroxylation sites is 1. The molecule has 0 bridgehead atoms. The smallest absolute Gasteiger partial charge is 0.319 e. The van der Waals surface area contributed by atoms with Gasteiger partial charge in [0.2, 0.25) is 11.8 Å². The number of hydrogen-bond donors (Lipinski definition) is 4. The van der Waals surface area contributed by atoms with E-state index >= 15 is 0 Å². The first-order valence-corrected chi connectivity index (χ1v) is 5.23. The van der Waals surface area contributed by atoms with Crippen LogP contribution in [0.3, 0.4) is 0 Å². The Bertz CT molecular complexity index is 433. The number of anilines is 1. The number of carbonyl (C=O) groups excluding carboxylic acids is 3. The minimum absolute atomic E-state index is 0.230. The van der Waals surface area contributed by atoms with Crippen LogP contribution < -0.4 is 21.7 Å². The van der Waals surface area contributed by atoms with Crippen LogP contribution in [0.1, 0.15) is 0 Å². The molecule has 96 valence electrons. The van der Waals surface area contributed by atoms with Gasteiger partial charge in [0.25, 0.3) is 0 Å². The summed E-state index contributed by atoms with van der Waals surface area (Å²) in [4.78, 5) is 32.9. The monoisotopic (exact) mass is 250 g/mol. The number of carbonyl (C=O) groups is 3. The van der Waals surface area contributed by atoms with Crippen LogP contribution in [0.5, 0.6) is 0 Å². The highest BCUT2D eigenvalue weighted by molar-refractivity contribution is 5.92. The molecule has 7 nitrogen and oxygen atoms in total. The molecule has 5 N–H and O–H groups in total. The third kappa shape index (κ3) is 5.50. The second kappa shape index (κ2) is 6.89. The summed E-state index contributed by atoms with van der Waals surface area (Å²) in [5.41, 5.74) is 5.46. The molecule has 0 atom stereocenters. The summed E-state index contributed by atoms with van der Waals surface area (Å²) in [5, 5.41) is 7.13. The summed E-state index contributed by atoms with van der Waals surface area (Å²) < 4.78 is 0. The molecular formula is C11H14N4O3. The van der Waals surface area contributed by atoms with Crippen molar-refractivity contribution in [1.82, 2.24) is 10.6 Å². The third-order valence-electron chi connectivity index (χ3n) is 1.90. The standard InChI is InChI=1S/C11H14N4O3/c12-9(16)6-13-10(17)7-14-11(18)15-8-4-2-1-3-5-8/h1-5H,6-7H2,(H2,12,16)(H,13,17)(H2,14,15,18). The molecule has 4 amide bonds. The molecule has 1 rings (SSSR count). The van der Waals surface area contributed by atoms with Gasteiger partial charge in [-0.05, 0) is 12.1 Å². The van der Waals surface area contributed by atoms with E-state index < -0.39 is 17.8 Å². The third-order valence-corrected chi connectivity index (χ3v) is 1.90. The van der Waals surface area contributed by atoms with E-state index in [0.717, 1.165) is 0 Å². The molecule has 0 aliphatic heterocycles. The van der Waals surface area contributed by atoms with Gasteiger partial charge in [0.05, 0.1) is 13.1 Å². The van der Waals surface area contributed by atoms with Crippen LogP contribution in [0, 0.1) is 0 Å². The number of amides is 4. The number of nitrogens with one attached hydrogen (secondary N) is 3. The molecule has 0 aliphatic carbocycles. The van der Waals surface area contributed by atoms with E-state index in [1.54, 1.807) is 24.3 Å². The Kier molecular flexibility index (Phi) is 5.17. The number of rotatable bonds is 5. The predicted octanol–water partition coefficient (Wildman–Crippen LogP) is -0.590. The summed E-state index contributed by atoms with van der Waals surface area (Å²) >= 11 is 0. The fourth-order valence-electron chi connectivity index (χ4n) is 1.11. The molecule has 1 aromatic rings. The fraction of sp³-hybridized carbons (Fsp3) is 0.182. The Morgan fingerprint density at radius 3 is 2.28 bits per heavy atom. The summed E-state index contributed by atoms with van der Waals surface area (Å²) in [6.07, 6.45) is 0. The van der Waals surface area contributed by atoms with Crippen LogP contribution in [0.25, 0.3) is 0 Å². The normalized spacial score (nSPS) is 9.33. The van der Waals surface area contributed by atoms with Crippen LogP contribution in [0.2, 0.25) is 0 Å². The van der Waals surface area contributed by atoms with Crippen molar-refractivity contribution in [3.63, 3.8) is 0 Å². The van der Waals surface area contributed by atoms with Crippen LogP contribution >= 0.6 is 0 Å². The van der Waals surface area contributed by atoms with Crippen molar-refractivity contribution in [3.05, 3.63) is 30.3 Å². The van der Waals surface area contributed by atoms with Gasteiger partial charge in [0.15, 0.2) is 0 Å². The zero-order valence-electron chi connectivity index (χ0n) is 9.60. The van der Waals surface area contributed by atoms with E-state index in [4.69, 9.17) is 5.73 Å². The maximum absolute atomic E-state index is 11.4.